The standard InChI is InChI=1S/C15H22N2O/c1-15(2)11-16-13-9-12(5-6-14(13)18-15)10-17-7-3-4-8-17/h5-6,9,16H,3-4,7-8,10-11H2,1-2H3. The van der Waals surface area contributed by atoms with Crippen LogP contribution in [0.15, 0.2) is 18.2 Å². The van der Waals surface area contributed by atoms with Gasteiger partial charge in [0.2, 0.25) is 0 Å². The Morgan fingerprint density at radius 1 is 1.28 bits per heavy atom. The summed E-state index contributed by atoms with van der Waals surface area (Å²) < 4.78 is 5.97. The third kappa shape index (κ3) is 2.46. The monoisotopic (exact) mass is 246 g/mol. The highest BCUT2D eigenvalue weighted by Crippen LogP contribution is 2.33. The fourth-order valence-corrected chi connectivity index (χ4v) is 2.74. The third-order valence-corrected chi connectivity index (χ3v) is 3.74. The van der Waals surface area contributed by atoms with Gasteiger partial charge in [-0.15, -0.1) is 0 Å². The fraction of sp³-hybridized carbons (Fsp3) is 0.600. The number of nitrogens with zero attached hydrogens (tertiary/aromatic N) is 1. The van der Waals surface area contributed by atoms with E-state index in [0.29, 0.717) is 0 Å². The highest BCUT2D eigenvalue weighted by atomic mass is 16.5. The minimum absolute atomic E-state index is 0.108. The van der Waals surface area contributed by atoms with Crippen LogP contribution in [0.1, 0.15) is 32.3 Å². The van der Waals surface area contributed by atoms with Gasteiger partial charge in [-0.2, -0.15) is 0 Å². The smallest absolute Gasteiger partial charge is 0.143 e. The first-order valence-corrected chi connectivity index (χ1v) is 6.91. The van der Waals surface area contributed by atoms with Crippen LogP contribution < -0.4 is 10.1 Å². The molecule has 3 heteroatoms. The van der Waals surface area contributed by atoms with Gasteiger partial charge in [0.25, 0.3) is 0 Å². The first-order valence-electron chi connectivity index (χ1n) is 6.91. The van der Waals surface area contributed by atoms with E-state index in [4.69, 9.17) is 4.74 Å². The van der Waals surface area contributed by atoms with Crippen LogP contribution in [0.3, 0.4) is 0 Å². The summed E-state index contributed by atoms with van der Waals surface area (Å²) in [5.41, 5.74) is 2.42. The molecule has 0 aliphatic carbocycles. The Morgan fingerprint density at radius 3 is 2.83 bits per heavy atom. The van der Waals surface area contributed by atoms with Gasteiger partial charge in [0, 0.05) is 6.54 Å². The van der Waals surface area contributed by atoms with E-state index in [2.05, 4.69) is 42.3 Å². The van der Waals surface area contributed by atoms with Gasteiger partial charge in [-0.1, -0.05) is 6.07 Å². The first-order chi connectivity index (χ1) is 8.62. The van der Waals surface area contributed by atoms with Gasteiger partial charge >= 0.3 is 0 Å². The topological polar surface area (TPSA) is 24.5 Å². The molecule has 0 radical (unpaired) electrons. The molecule has 2 aliphatic heterocycles. The van der Waals surface area contributed by atoms with Gasteiger partial charge in [-0.25, -0.2) is 0 Å². The molecule has 2 heterocycles. The van der Waals surface area contributed by atoms with Gasteiger partial charge < -0.3 is 10.1 Å². The number of likely N-dealkylation sites (tertiary alicyclic amines) is 1. The van der Waals surface area contributed by atoms with Crippen LogP contribution in [0.5, 0.6) is 5.75 Å². The van der Waals surface area contributed by atoms with Crippen molar-refractivity contribution >= 4 is 5.69 Å². The lowest BCUT2D eigenvalue weighted by Crippen LogP contribution is -2.40. The highest BCUT2D eigenvalue weighted by Gasteiger charge is 2.26. The quantitative estimate of drug-likeness (QED) is 0.868. The van der Waals surface area contributed by atoms with Crippen LogP contribution in [0.2, 0.25) is 0 Å². The van der Waals surface area contributed by atoms with E-state index in [1.807, 2.05) is 0 Å². The molecular weight excluding hydrogens is 224 g/mol. The van der Waals surface area contributed by atoms with Crippen molar-refractivity contribution in [2.45, 2.75) is 38.8 Å². The molecule has 2 aliphatic rings. The summed E-state index contributed by atoms with van der Waals surface area (Å²) >= 11 is 0. The van der Waals surface area contributed by atoms with Crippen LogP contribution in [-0.4, -0.2) is 30.1 Å². The summed E-state index contributed by atoms with van der Waals surface area (Å²) in [5, 5.41) is 3.47. The maximum atomic E-state index is 5.97. The average Bonchev–Trinajstić information content (AvgIpc) is 2.81. The maximum absolute atomic E-state index is 5.97. The predicted molar refractivity (Wildman–Crippen MR) is 74.1 cm³/mol. The van der Waals surface area contributed by atoms with Crippen LogP contribution in [-0.2, 0) is 6.54 Å². The molecule has 0 bridgehead atoms. The number of ether oxygens (including phenoxy) is 1. The normalized spacial score (nSPS) is 22.1. The molecule has 0 amide bonds. The van der Waals surface area contributed by atoms with Gasteiger partial charge in [0.05, 0.1) is 12.2 Å². The zero-order chi connectivity index (χ0) is 12.6. The van der Waals surface area contributed by atoms with Crippen molar-refractivity contribution in [3.05, 3.63) is 23.8 Å². The van der Waals surface area contributed by atoms with E-state index in [1.165, 1.54) is 31.5 Å². The Labute approximate surface area is 109 Å². The lowest BCUT2D eigenvalue weighted by molar-refractivity contribution is 0.116. The van der Waals surface area contributed by atoms with E-state index in [0.717, 1.165) is 24.5 Å². The number of hydrogen-bond donors (Lipinski definition) is 1. The van der Waals surface area contributed by atoms with Crippen molar-refractivity contribution in [3.8, 4) is 5.75 Å². The molecule has 1 aromatic rings. The highest BCUT2D eigenvalue weighted by molar-refractivity contribution is 5.60. The molecule has 3 rings (SSSR count). The second-order valence-corrected chi connectivity index (χ2v) is 6.03. The molecule has 0 saturated carbocycles. The number of hydrogen-bond acceptors (Lipinski definition) is 3. The molecule has 0 spiro atoms. The van der Waals surface area contributed by atoms with E-state index >= 15 is 0 Å². The molecule has 3 nitrogen and oxygen atoms in total. The van der Waals surface area contributed by atoms with E-state index in [1.54, 1.807) is 0 Å². The summed E-state index contributed by atoms with van der Waals surface area (Å²) in [7, 11) is 0. The van der Waals surface area contributed by atoms with E-state index < -0.39 is 0 Å². The van der Waals surface area contributed by atoms with Crippen LogP contribution in [0, 0.1) is 0 Å². The second kappa shape index (κ2) is 4.47. The Balaban J connectivity index is 1.75. The third-order valence-electron chi connectivity index (χ3n) is 3.74. The Bertz CT molecular complexity index is 436. The van der Waals surface area contributed by atoms with Crippen molar-refractivity contribution in [2.24, 2.45) is 0 Å². The summed E-state index contributed by atoms with van der Waals surface area (Å²) in [6, 6.07) is 6.54. The van der Waals surface area contributed by atoms with Gasteiger partial charge in [-0.3, -0.25) is 4.90 Å². The van der Waals surface area contributed by atoms with Crippen molar-refractivity contribution in [1.82, 2.24) is 4.90 Å². The van der Waals surface area contributed by atoms with Crippen LogP contribution in [0.25, 0.3) is 0 Å². The lowest BCUT2D eigenvalue weighted by atomic mass is 10.1. The van der Waals surface area contributed by atoms with Gasteiger partial charge in [0.1, 0.15) is 11.4 Å². The van der Waals surface area contributed by atoms with Crippen molar-refractivity contribution in [2.75, 3.05) is 25.0 Å². The summed E-state index contributed by atoms with van der Waals surface area (Å²) in [6.07, 6.45) is 2.70. The van der Waals surface area contributed by atoms with Crippen molar-refractivity contribution in [3.63, 3.8) is 0 Å². The van der Waals surface area contributed by atoms with Crippen LogP contribution >= 0.6 is 0 Å². The number of benzene rings is 1. The summed E-state index contributed by atoms with van der Waals surface area (Å²) in [5.74, 6) is 0.983. The van der Waals surface area contributed by atoms with Crippen molar-refractivity contribution < 1.29 is 4.74 Å². The molecule has 1 fully saturated rings. The molecule has 1 N–H and O–H groups in total. The number of rotatable bonds is 2. The van der Waals surface area contributed by atoms with E-state index in [9.17, 15) is 0 Å². The fourth-order valence-electron chi connectivity index (χ4n) is 2.74. The number of fused-ring (bicyclic) bond motifs is 1. The predicted octanol–water partition coefficient (Wildman–Crippen LogP) is 2.87. The molecule has 98 valence electrons. The van der Waals surface area contributed by atoms with Gasteiger partial charge in [0.15, 0.2) is 0 Å². The van der Waals surface area contributed by atoms with Gasteiger partial charge in [-0.05, 0) is 57.5 Å². The second-order valence-electron chi connectivity index (χ2n) is 6.03. The number of anilines is 1. The SMILES string of the molecule is CC1(C)CNc2cc(CN3CCCC3)ccc2O1. The minimum Gasteiger partial charge on any atom is -0.484 e. The lowest BCUT2D eigenvalue weighted by Gasteiger charge is -2.33. The summed E-state index contributed by atoms with van der Waals surface area (Å²) in [4.78, 5) is 2.52. The molecule has 1 saturated heterocycles. The average molecular weight is 246 g/mol. The molecule has 18 heavy (non-hydrogen) atoms. The number of nitrogens with one attached hydrogen (secondary N) is 1. The Kier molecular flexibility index (Phi) is 2.94. The summed E-state index contributed by atoms with van der Waals surface area (Å²) in [6.45, 7) is 8.65. The Morgan fingerprint density at radius 2 is 2.06 bits per heavy atom. The first kappa shape index (κ1) is 11.8. The van der Waals surface area contributed by atoms with Crippen molar-refractivity contribution in [1.29, 1.82) is 0 Å². The van der Waals surface area contributed by atoms with Crippen LogP contribution in [0.4, 0.5) is 5.69 Å². The zero-order valence-corrected chi connectivity index (χ0v) is 11.3. The maximum Gasteiger partial charge on any atom is 0.143 e. The molecular formula is C15H22N2O. The molecule has 0 unspecified atom stereocenters. The zero-order valence-electron chi connectivity index (χ0n) is 11.3. The largest absolute Gasteiger partial charge is 0.484 e. The molecule has 0 aromatic heterocycles. The van der Waals surface area contributed by atoms with E-state index in [-0.39, 0.29) is 5.60 Å². The molecule has 0 atom stereocenters. The minimum atomic E-state index is -0.108. The Hall–Kier alpha value is -1.22. The molecule has 1 aromatic carbocycles.